The molecule has 3 heterocycles. The van der Waals surface area contributed by atoms with Crippen molar-refractivity contribution in [1.82, 2.24) is 79.1 Å². The number of esters is 1. The number of carbonyl (C=O) groups excluding carboxylic acids is 16. The Labute approximate surface area is 679 Å². The molecule has 4 aromatic rings. The number of para-hydroxylation sites is 2. The number of aliphatic hydroxyl groups is 1. The van der Waals surface area contributed by atoms with Gasteiger partial charge in [0.05, 0.1) is 58.2 Å². The molecule has 15 amide bonds. The zero-order chi connectivity index (χ0) is 88.3. The molecule has 650 valence electrons. The minimum Gasteiger partial charge on any atom is -0.481 e. The van der Waals surface area contributed by atoms with Crippen LogP contribution >= 0.6 is 0 Å². The predicted molar refractivity (Wildman–Crippen MR) is 415 cm³/mol. The highest BCUT2D eigenvalue weighted by atomic mass is 16.5. The number of aliphatic carboxylic acids is 4. The van der Waals surface area contributed by atoms with Gasteiger partial charge in [0.25, 0.3) is 0 Å². The molecular formula is C75H104N18O26. The van der Waals surface area contributed by atoms with Gasteiger partial charge in [-0.2, -0.15) is 0 Å². The lowest BCUT2D eigenvalue weighted by atomic mass is 9.96. The lowest BCUT2D eigenvalue weighted by molar-refractivity contribution is -0.156. The van der Waals surface area contributed by atoms with Crippen LogP contribution in [0.4, 0.5) is 0 Å². The van der Waals surface area contributed by atoms with Gasteiger partial charge in [-0.3, -0.25) is 91.1 Å². The lowest BCUT2D eigenvalue weighted by Gasteiger charge is -2.30. The molecule has 44 nitrogen and oxygen atoms in total. The Bertz CT molecular complexity index is 4360. The maximum Gasteiger partial charge on any atom is 0.329 e. The van der Waals surface area contributed by atoms with Crippen LogP contribution in [-0.2, 0) is 113 Å². The summed E-state index contributed by atoms with van der Waals surface area (Å²) in [7, 11) is 0. The quantitative estimate of drug-likeness (QED) is 0.0149. The molecule has 1 saturated heterocycles. The Balaban J connectivity index is 1.61. The van der Waals surface area contributed by atoms with E-state index < -0.39 is 268 Å². The first-order valence-corrected chi connectivity index (χ1v) is 38.2. The van der Waals surface area contributed by atoms with Gasteiger partial charge in [-0.25, -0.2) is 4.79 Å². The Hall–Kier alpha value is -13.2. The highest BCUT2D eigenvalue weighted by Gasteiger charge is 2.41. The largest absolute Gasteiger partial charge is 0.481 e. The molecule has 0 saturated carbocycles. The Morgan fingerprint density at radius 2 is 1.01 bits per heavy atom. The number of unbranched alkanes of at least 4 members (excludes halogenated alkanes) is 3. The van der Waals surface area contributed by atoms with E-state index in [2.05, 4.69) is 71.7 Å². The summed E-state index contributed by atoms with van der Waals surface area (Å²) >= 11 is 0. The van der Waals surface area contributed by atoms with E-state index in [1.54, 1.807) is 54.7 Å². The van der Waals surface area contributed by atoms with Crippen LogP contribution in [0.25, 0.3) is 21.8 Å². The standard InChI is InChI=1S/C75H104N18O26/c1-5-36(2)15-8-6-7-9-21-56(97)84-46(24-39-31-79-43-18-12-10-16-41(39)43)67(110)86-48(27-55(78)96)69(112)90-51(30-62(106)107)71(114)93-64-38(4)119-75(118)52(25-40-32-80-44-19-13-11-17-42(40)44)91-74(117)63(37(3)23-59(100)101)92-72(115)53(35-94)85-58(99)33-81-65(108)49(28-60(102)103)88-68(111)47(26-54(77)95)87-70(113)50(29-61(104)105)89-66(109)45(20-14-22-76)83-57(98)34-82-73(64)116/h10-13,16-19,31-32,36-38,45-53,63-64,79-80,94H,5-9,14-15,20-30,33-35,76H2,1-4H3,(H2,77,95)(H2,78,96)(H,81,108)(H,82,116)(H,83,98)(H,84,97)(H,85,99)(H,86,110)(H,87,113)(H,88,111)(H,89,109)(H,90,112)(H,91,117)(H,92,115)(H,93,114)(H,100,101)(H,102,103)(H,104,105)(H,106,107). The van der Waals surface area contributed by atoms with E-state index in [1.165, 1.54) is 6.20 Å². The fraction of sp³-hybridized carbons (Fsp3) is 0.520. The number of aromatic amines is 2. The van der Waals surface area contributed by atoms with E-state index in [4.69, 9.17) is 21.9 Å². The van der Waals surface area contributed by atoms with Crippen LogP contribution in [0.3, 0.4) is 0 Å². The number of carboxylic acid groups (broad SMARTS) is 4. The SMILES string of the molecule is CCC(C)CCCCCCC(=O)NC(Cc1c[nH]c2ccccc12)C(=O)NC(CC(N)=O)C(=O)NC(CC(=O)O)C(=O)NC1C(=O)NCC(=O)NC(CCCN)C(=O)NC(CC(=O)O)C(=O)NC(CC(N)=O)C(=O)NC(CC(=O)O)C(=O)NCC(=O)NC(CO)C(=O)NC(C(C)CC(=O)O)C(=O)NC(Cc2c[nH]c3ccccc23)C(=O)OC1C. The van der Waals surface area contributed by atoms with E-state index in [-0.39, 0.29) is 31.4 Å². The fourth-order valence-corrected chi connectivity index (χ4v) is 12.6. The van der Waals surface area contributed by atoms with E-state index in [0.29, 0.717) is 46.1 Å². The number of cyclic esters (lactones) is 1. The van der Waals surface area contributed by atoms with Crippen molar-refractivity contribution in [2.75, 3.05) is 26.2 Å². The summed E-state index contributed by atoms with van der Waals surface area (Å²) in [6, 6.07) is -9.52. The van der Waals surface area contributed by atoms with Gasteiger partial charge < -0.3 is 127 Å². The number of aromatic nitrogens is 2. The summed E-state index contributed by atoms with van der Waals surface area (Å²) in [6.45, 7) is 2.38. The molecule has 0 aliphatic carbocycles. The van der Waals surface area contributed by atoms with Crippen LogP contribution in [-0.4, -0.2) is 253 Å². The van der Waals surface area contributed by atoms with Crippen LogP contribution < -0.4 is 86.3 Å². The number of aliphatic hydroxyl groups excluding tert-OH is 1. The molecular weight excluding hydrogens is 1570 g/mol. The number of hydrogen-bond acceptors (Lipinski definition) is 23. The third kappa shape index (κ3) is 32.1. The summed E-state index contributed by atoms with van der Waals surface area (Å²) in [5.41, 5.74) is 18.6. The molecule has 0 bridgehead atoms. The van der Waals surface area contributed by atoms with Crippen molar-refractivity contribution in [1.29, 1.82) is 0 Å². The normalized spacial score (nSPS) is 21.2. The average Bonchev–Trinajstić information content (AvgIpc) is 1.74. The third-order valence-corrected chi connectivity index (χ3v) is 19.1. The smallest absolute Gasteiger partial charge is 0.329 e. The molecule has 14 unspecified atom stereocenters. The van der Waals surface area contributed by atoms with Gasteiger partial charge in [0.1, 0.15) is 72.6 Å². The highest BCUT2D eigenvalue weighted by Crippen LogP contribution is 2.23. The lowest BCUT2D eigenvalue weighted by Crippen LogP contribution is -2.62. The zero-order valence-electron chi connectivity index (χ0n) is 65.7. The molecule has 1 fully saturated rings. The number of nitrogens with two attached hydrogens (primary N) is 3. The van der Waals surface area contributed by atoms with E-state index in [0.717, 1.165) is 39.5 Å². The van der Waals surface area contributed by atoms with Crippen LogP contribution in [0, 0.1) is 11.8 Å². The molecule has 1 aliphatic rings. The van der Waals surface area contributed by atoms with E-state index in [1.807, 2.05) is 21.3 Å². The molecule has 26 N–H and O–H groups in total. The number of carboxylic acids is 4. The number of hydrogen-bond donors (Lipinski definition) is 23. The van der Waals surface area contributed by atoms with Gasteiger partial charge in [0.15, 0.2) is 0 Å². The molecule has 1 aliphatic heterocycles. The summed E-state index contributed by atoms with van der Waals surface area (Å²) in [5.74, 6) is -29.6. The van der Waals surface area contributed by atoms with Crippen molar-refractivity contribution in [3.05, 3.63) is 72.1 Å². The van der Waals surface area contributed by atoms with Gasteiger partial charge in [-0.15, -0.1) is 0 Å². The number of rotatable bonds is 36. The van der Waals surface area contributed by atoms with Gasteiger partial charge >= 0.3 is 29.8 Å². The molecule has 0 spiro atoms. The summed E-state index contributed by atoms with van der Waals surface area (Å²) in [5, 5.41) is 79.7. The third-order valence-electron chi connectivity index (χ3n) is 19.1. The van der Waals surface area contributed by atoms with Crippen molar-refractivity contribution in [3.63, 3.8) is 0 Å². The summed E-state index contributed by atoms with van der Waals surface area (Å²) in [4.78, 5) is 280. The Kier molecular flexibility index (Phi) is 38.7. The van der Waals surface area contributed by atoms with Gasteiger partial charge in [0, 0.05) is 53.5 Å². The summed E-state index contributed by atoms with van der Waals surface area (Å²) in [6.07, 6.45) is -2.67. The number of primary amides is 2. The number of fused-ring (bicyclic) bond motifs is 2. The van der Waals surface area contributed by atoms with Gasteiger partial charge in [0.2, 0.25) is 88.6 Å². The number of amides is 15. The van der Waals surface area contributed by atoms with E-state index >= 15 is 4.79 Å². The van der Waals surface area contributed by atoms with Crippen molar-refractivity contribution < 1.29 is 126 Å². The van der Waals surface area contributed by atoms with Crippen LogP contribution in [0.5, 0.6) is 0 Å². The first kappa shape index (κ1) is 96.4. The molecule has 119 heavy (non-hydrogen) atoms. The second-order valence-electron chi connectivity index (χ2n) is 28.7. The monoisotopic (exact) mass is 1670 g/mol. The minimum absolute atomic E-state index is 0.0173. The van der Waals surface area contributed by atoms with Crippen LogP contribution in [0.15, 0.2) is 60.9 Å². The number of benzene rings is 2. The molecule has 2 aromatic heterocycles. The maximum absolute atomic E-state index is 15.1. The highest BCUT2D eigenvalue weighted by molar-refractivity contribution is 6.03. The summed E-state index contributed by atoms with van der Waals surface area (Å²) < 4.78 is 5.85. The number of H-pyrrole nitrogens is 2. The second kappa shape index (κ2) is 47.8. The predicted octanol–water partition coefficient (Wildman–Crippen LogP) is -5.65. The topological polar surface area (TPSA) is 718 Å². The molecule has 0 radical (unpaired) electrons. The van der Waals surface area contributed by atoms with Crippen LogP contribution in [0.2, 0.25) is 0 Å². The van der Waals surface area contributed by atoms with Crippen molar-refractivity contribution in [2.24, 2.45) is 29.0 Å². The van der Waals surface area contributed by atoms with Crippen LogP contribution in [0.1, 0.15) is 135 Å². The number of ether oxygens (including phenoxy) is 1. The second-order valence-corrected chi connectivity index (χ2v) is 28.7. The maximum atomic E-state index is 15.1. The first-order chi connectivity index (χ1) is 56.3. The average molecular weight is 1670 g/mol. The molecule has 14 atom stereocenters. The zero-order valence-corrected chi connectivity index (χ0v) is 65.7. The number of nitrogens with one attached hydrogen (secondary N) is 15. The molecule has 44 heteroatoms. The number of carbonyl (C=O) groups is 20. The van der Waals surface area contributed by atoms with Gasteiger partial charge in [-0.1, -0.05) is 89.3 Å². The van der Waals surface area contributed by atoms with Gasteiger partial charge in [-0.05, 0) is 67.8 Å². The molecule has 5 rings (SSSR count). The van der Waals surface area contributed by atoms with Crippen molar-refractivity contribution in [2.45, 2.75) is 209 Å². The first-order valence-electron chi connectivity index (χ1n) is 38.2. The molecule has 2 aromatic carbocycles. The fourth-order valence-electron chi connectivity index (χ4n) is 12.6. The Morgan fingerprint density at radius 1 is 0.513 bits per heavy atom. The van der Waals surface area contributed by atoms with Crippen molar-refractivity contribution in [3.8, 4) is 0 Å². The van der Waals surface area contributed by atoms with Crippen molar-refractivity contribution >= 4 is 140 Å². The van der Waals surface area contributed by atoms with E-state index in [9.17, 15) is 117 Å². The Morgan fingerprint density at radius 3 is 1.55 bits per heavy atom. The minimum atomic E-state index is -2.39.